The van der Waals surface area contributed by atoms with Crippen LogP contribution in [0.2, 0.25) is 5.15 Å². The Labute approximate surface area is 149 Å². The molecule has 1 fully saturated rings. The fraction of sp³-hybridized carbons (Fsp3) is 0.333. The van der Waals surface area contributed by atoms with Crippen LogP contribution >= 0.6 is 50.1 Å². The van der Waals surface area contributed by atoms with Crippen LogP contribution in [-0.4, -0.2) is 9.97 Å². The summed E-state index contributed by atoms with van der Waals surface area (Å²) in [5.74, 6) is 0.711. The highest BCUT2D eigenvalue weighted by Crippen LogP contribution is 2.38. The number of nitrogens with zero attached hydrogens (tertiary/aromatic N) is 2. The summed E-state index contributed by atoms with van der Waals surface area (Å²) in [4.78, 5) is 9.08. The summed E-state index contributed by atoms with van der Waals surface area (Å²) in [5, 5.41) is 0.471. The lowest BCUT2D eigenvalue weighted by atomic mass is 10.0. The minimum Gasteiger partial charge on any atom is -0.232 e. The van der Waals surface area contributed by atoms with Gasteiger partial charge in [-0.1, -0.05) is 24.4 Å². The minimum absolute atomic E-state index is 0.293. The molecule has 1 aromatic heterocycles. The standard InChI is InChI=1S/C15H12BrClFIN2/c16-11-7-9(18)5-6-10(11)15-20-13(8-3-1-2-4-8)12(19)14(17)21-15/h5-8H,1-4H2. The topological polar surface area (TPSA) is 25.8 Å². The Balaban J connectivity index is 2.10. The van der Waals surface area contributed by atoms with Gasteiger partial charge in [-0.25, -0.2) is 14.4 Å². The second kappa shape index (κ2) is 6.46. The van der Waals surface area contributed by atoms with Crippen molar-refractivity contribution >= 4 is 50.1 Å². The summed E-state index contributed by atoms with van der Waals surface area (Å²) in [5.41, 5.74) is 1.79. The van der Waals surface area contributed by atoms with E-state index in [0.717, 1.165) is 27.7 Å². The van der Waals surface area contributed by atoms with E-state index in [1.165, 1.54) is 25.0 Å². The number of rotatable bonds is 2. The van der Waals surface area contributed by atoms with E-state index in [9.17, 15) is 4.39 Å². The summed E-state index contributed by atoms with van der Waals surface area (Å²) >= 11 is 11.9. The summed E-state index contributed by atoms with van der Waals surface area (Å²) in [7, 11) is 0. The Morgan fingerprint density at radius 3 is 2.62 bits per heavy atom. The maximum absolute atomic E-state index is 13.2. The first-order valence-corrected chi connectivity index (χ1v) is 8.99. The molecule has 0 saturated heterocycles. The molecule has 0 bridgehead atoms. The molecule has 0 N–H and O–H groups in total. The second-order valence-corrected chi connectivity index (χ2v) is 7.43. The molecular formula is C15H12BrClFIN2. The van der Waals surface area contributed by atoms with Crippen molar-refractivity contribution in [3.05, 3.63) is 42.9 Å². The predicted molar refractivity (Wildman–Crippen MR) is 94.1 cm³/mol. The lowest BCUT2D eigenvalue weighted by Crippen LogP contribution is -2.05. The minimum atomic E-state index is -0.293. The third-order valence-electron chi connectivity index (χ3n) is 3.75. The molecule has 6 heteroatoms. The molecule has 1 aliphatic carbocycles. The quantitative estimate of drug-likeness (QED) is 0.391. The lowest BCUT2D eigenvalue weighted by Gasteiger charge is -2.14. The van der Waals surface area contributed by atoms with Gasteiger partial charge in [0, 0.05) is 16.0 Å². The molecule has 21 heavy (non-hydrogen) atoms. The van der Waals surface area contributed by atoms with Gasteiger partial charge in [0.15, 0.2) is 5.82 Å². The molecule has 1 aromatic carbocycles. The van der Waals surface area contributed by atoms with Gasteiger partial charge in [0.1, 0.15) is 11.0 Å². The van der Waals surface area contributed by atoms with Crippen LogP contribution in [0.5, 0.6) is 0 Å². The van der Waals surface area contributed by atoms with Gasteiger partial charge in [0.05, 0.1) is 9.26 Å². The van der Waals surface area contributed by atoms with Crippen LogP contribution in [0.15, 0.2) is 22.7 Å². The Bertz CT molecular complexity index is 690. The highest BCUT2D eigenvalue weighted by atomic mass is 127. The monoisotopic (exact) mass is 480 g/mol. The van der Waals surface area contributed by atoms with Crippen molar-refractivity contribution in [3.8, 4) is 11.4 Å². The van der Waals surface area contributed by atoms with Gasteiger partial charge in [-0.2, -0.15) is 0 Å². The zero-order valence-electron chi connectivity index (χ0n) is 11.0. The van der Waals surface area contributed by atoms with Crippen LogP contribution in [0.3, 0.4) is 0 Å². The van der Waals surface area contributed by atoms with Gasteiger partial charge in [-0.3, -0.25) is 0 Å². The van der Waals surface area contributed by atoms with Gasteiger partial charge in [-0.15, -0.1) is 0 Å². The average molecular weight is 482 g/mol. The molecule has 0 unspecified atom stereocenters. The third-order valence-corrected chi connectivity index (χ3v) is 6.06. The van der Waals surface area contributed by atoms with Crippen molar-refractivity contribution < 1.29 is 4.39 Å². The molecule has 2 nitrogen and oxygen atoms in total. The van der Waals surface area contributed by atoms with Gasteiger partial charge in [-0.05, 0) is 69.6 Å². The molecule has 0 spiro atoms. The molecule has 0 atom stereocenters. The SMILES string of the molecule is Fc1ccc(-c2nc(Cl)c(I)c(C3CCCC3)n2)c(Br)c1. The number of aromatic nitrogens is 2. The van der Waals surface area contributed by atoms with E-state index in [4.69, 9.17) is 16.6 Å². The van der Waals surface area contributed by atoms with E-state index in [1.54, 1.807) is 6.07 Å². The van der Waals surface area contributed by atoms with Crippen LogP contribution in [0.25, 0.3) is 11.4 Å². The van der Waals surface area contributed by atoms with Crippen LogP contribution < -0.4 is 0 Å². The van der Waals surface area contributed by atoms with E-state index in [2.05, 4.69) is 43.5 Å². The largest absolute Gasteiger partial charge is 0.232 e. The number of benzene rings is 1. The first-order chi connectivity index (χ1) is 10.1. The summed E-state index contributed by atoms with van der Waals surface area (Å²) in [6.07, 6.45) is 4.76. The normalized spacial score (nSPS) is 15.6. The first kappa shape index (κ1) is 15.6. The van der Waals surface area contributed by atoms with E-state index in [1.807, 2.05) is 0 Å². The molecule has 110 valence electrons. The van der Waals surface area contributed by atoms with Crippen molar-refractivity contribution in [1.82, 2.24) is 9.97 Å². The molecule has 0 radical (unpaired) electrons. The Kier molecular flexibility index (Phi) is 4.81. The Hall–Kier alpha value is -0.270. The third kappa shape index (κ3) is 3.24. The highest BCUT2D eigenvalue weighted by Gasteiger charge is 2.24. The molecule has 1 heterocycles. The van der Waals surface area contributed by atoms with E-state index < -0.39 is 0 Å². The van der Waals surface area contributed by atoms with Crippen molar-refractivity contribution in [2.24, 2.45) is 0 Å². The molecule has 2 aromatic rings. The fourth-order valence-corrected chi connectivity index (χ4v) is 4.08. The molecule has 0 amide bonds. The van der Waals surface area contributed by atoms with Gasteiger partial charge >= 0.3 is 0 Å². The maximum atomic E-state index is 13.2. The lowest BCUT2D eigenvalue weighted by molar-refractivity contribution is 0.627. The van der Waals surface area contributed by atoms with Crippen molar-refractivity contribution in [3.63, 3.8) is 0 Å². The Morgan fingerprint density at radius 2 is 1.95 bits per heavy atom. The highest BCUT2D eigenvalue weighted by molar-refractivity contribution is 14.1. The van der Waals surface area contributed by atoms with Gasteiger partial charge < -0.3 is 0 Å². The average Bonchev–Trinajstić information content (AvgIpc) is 2.96. The first-order valence-electron chi connectivity index (χ1n) is 6.74. The maximum Gasteiger partial charge on any atom is 0.162 e. The van der Waals surface area contributed by atoms with Crippen molar-refractivity contribution in [1.29, 1.82) is 0 Å². The van der Waals surface area contributed by atoms with E-state index >= 15 is 0 Å². The van der Waals surface area contributed by atoms with Crippen molar-refractivity contribution in [2.75, 3.05) is 0 Å². The summed E-state index contributed by atoms with van der Waals surface area (Å²) < 4.78 is 14.8. The predicted octanol–water partition coefficient (Wildman–Crippen LogP) is 5.96. The smallest absolute Gasteiger partial charge is 0.162 e. The number of halogens is 4. The second-order valence-electron chi connectivity index (χ2n) is 5.14. The fourth-order valence-electron chi connectivity index (χ4n) is 2.70. The van der Waals surface area contributed by atoms with Crippen LogP contribution in [-0.2, 0) is 0 Å². The van der Waals surface area contributed by atoms with E-state index in [-0.39, 0.29) is 5.82 Å². The molecule has 0 aliphatic heterocycles. The molecule has 3 rings (SSSR count). The number of hydrogen-bond donors (Lipinski definition) is 0. The van der Waals surface area contributed by atoms with Crippen LogP contribution in [0.4, 0.5) is 4.39 Å². The molecule has 1 saturated carbocycles. The zero-order chi connectivity index (χ0) is 15.0. The van der Waals surface area contributed by atoms with E-state index in [0.29, 0.717) is 21.4 Å². The molecule has 1 aliphatic rings. The Morgan fingerprint density at radius 1 is 1.24 bits per heavy atom. The number of hydrogen-bond acceptors (Lipinski definition) is 2. The summed E-state index contributed by atoms with van der Waals surface area (Å²) in [6.45, 7) is 0. The van der Waals surface area contributed by atoms with Crippen LogP contribution in [0, 0.1) is 9.39 Å². The van der Waals surface area contributed by atoms with Crippen LogP contribution in [0.1, 0.15) is 37.3 Å². The summed E-state index contributed by atoms with van der Waals surface area (Å²) in [6, 6.07) is 4.50. The molecular weight excluding hydrogens is 469 g/mol. The zero-order valence-corrected chi connectivity index (χ0v) is 15.5. The van der Waals surface area contributed by atoms with Gasteiger partial charge in [0.2, 0.25) is 0 Å². The van der Waals surface area contributed by atoms with Gasteiger partial charge in [0.25, 0.3) is 0 Å². The van der Waals surface area contributed by atoms with Crippen molar-refractivity contribution in [2.45, 2.75) is 31.6 Å².